The van der Waals surface area contributed by atoms with E-state index in [1.54, 1.807) is 0 Å². The molecule has 2 N–H and O–H groups in total. The number of nitrogens with zero attached hydrogens (tertiary/aromatic N) is 2. The Kier molecular flexibility index (Phi) is 3.62. The molecule has 5 nitrogen and oxygen atoms in total. The Labute approximate surface area is 106 Å². The minimum absolute atomic E-state index is 0.305. The van der Waals surface area contributed by atoms with E-state index in [-0.39, 0.29) is 0 Å². The van der Waals surface area contributed by atoms with Crippen molar-refractivity contribution in [1.82, 2.24) is 9.97 Å². The fraction of sp³-hybridized carbons (Fsp3) is 0.231. The lowest BCUT2D eigenvalue weighted by molar-refractivity contribution is 0.325. The van der Waals surface area contributed by atoms with Crippen LogP contribution in [0.3, 0.4) is 0 Å². The molecule has 0 aliphatic rings. The number of anilines is 1. The highest BCUT2D eigenvalue weighted by Crippen LogP contribution is 2.30. The first-order valence-electron chi connectivity index (χ1n) is 5.68. The van der Waals surface area contributed by atoms with Crippen molar-refractivity contribution in [3.63, 3.8) is 0 Å². The van der Waals surface area contributed by atoms with Crippen molar-refractivity contribution in [1.29, 1.82) is 0 Å². The lowest BCUT2D eigenvalue weighted by atomic mass is 10.2. The van der Waals surface area contributed by atoms with Crippen LogP contribution in [0.15, 0.2) is 30.6 Å². The Balaban J connectivity index is 2.26. The van der Waals surface area contributed by atoms with Crippen LogP contribution in [0, 0.1) is 6.92 Å². The molecule has 0 amide bonds. The molecule has 18 heavy (non-hydrogen) atoms. The molecule has 2 rings (SSSR count). The van der Waals surface area contributed by atoms with Crippen LogP contribution in [0.25, 0.3) is 0 Å². The van der Waals surface area contributed by atoms with Gasteiger partial charge in [0.25, 0.3) is 0 Å². The van der Waals surface area contributed by atoms with Gasteiger partial charge < -0.3 is 15.2 Å². The van der Waals surface area contributed by atoms with Gasteiger partial charge in [-0.25, -0.2) is 0 Å². The second kappa shape index (κ2) is 5.35. The molecule has 1 aromatic heterocycles. The van der Waals surface area contributed by atoms with E-state index in [0.29, 0.717) is 29.8 Å². The molecule has 0 fully saturated rings. The average molecular weight is 245 g/mol. The molecule has 1 heterocycles. The topological polar surface area (TPSA) is 70.3 Å². The van der Waals surface area contributed by atoms with Crippen molar-refractivity contribution >= 4 is 5.69 Å². The molecule has 0 saturated heterocycles. The van der Waals surface area contributed by atoms with Crippen LogP contribution in [0.5, 0.6) is 17.5 Å². The van der Waals surface area contributed by atoms with E-state index in [2.05, 4.69) is 9.97 Å². The largest absolute Gasteiger partial charge is 0.476 e. The van der Waals surface area contributed by atoms with Gasteiger partial charge in [-0.15, -0.1) is 0 Å². The fourth-order valence-corrected chi connectivity index (χ4v) is 1.49. The summed E-state index contributed by atoms with van der Waals surface area (Å²) in [6.45, 7) is 4.34. The summed E-state index contributed by atoms with van der Waals surface area (Å²) in [7, 11) is 0. The molecule has 0 aliphatic heterocycles. The third-order valence-corrected chi connectivity index (χ3v) is 2.30. The Morgan fingerprint density at radius 1 is 1.22 bits per heavy atom. The fourth-order valence-electron chi connectivity index (χ4n) is 1.49. The van der Waals surface area contributed by atoms with Crippen molar-refractivity contribution in [3.05, 3.63) is 36.2 Å². The normalized spacial score (nSPS) is 10.1. The van der Waals surface area contributed by atoms with Crippen LogP contribution in [-0.4, -0.2) is 16.6 Å². The zero-order chi connectivity index (χ0) is 13.0. The van der Waals surface area contributed by atoms with Crippen molar-refractivity contribution < 1.29 is 9.47 Å². The zero-order valence-corrected chi connectivity index (χ0v) is 10.4. The minimum atomic E-state index is 0.305. The molecule has 0 radical (unpaired) electrons. The summed E-state index contributed by atoms with van der Waals surface area (Å²) in [5, 5.41) is 0. The van der Waals surface area contributed by atoms with E-state index >= 15 is 0 Å². The monoisotopic (exact) mass is 245 g/mol. The van der Waals surface area contributed by atoms with Gasteiger partial charge in [-0.3, -0.25) is 0 Å². The van der Waals surface area contributed by atoms with E-state index in [4.69, 9.17) is 15.2 Å². The number of hydrogen-bond donors (Lipinski definition) is 1. The van der Waals surface area contributed by atoms with Crippen molar-refractivity contribution in [2.24, 2.45) is 0 Å². The summed E-state index contributed by atoms with van der Waals surface area (Å²) in [5.74, 6) is 1.33. The van der Waals surface area contributed by atoms with Gasteiger partial charge in [0.1, 0.15) is 12.1 Å². The highest BCUT2D eigenvalue weighted by molar-refractivity contribution is 5.56. The van der Waals surface area contributed by atoms with Gasteiger partial charge in [0.05, 0.1) is 6.61 Å². The smallest absolute Gasteiger partial charge is 0.249 e. The van der Waals surface area contributed by atoms with Gasteiger partial charge in [-0.2, -0.15) is 9.97 Å². The van der Waals surface area contributed by atoms with Crippen LogP contribution < -0.4 is 15.2 Å². The molecular formula is C13H15N3O2. The van der Waals surface area contributed by atoms with Crippen LogP contribution in [0.2, 0.25) is 0 Å². The SMILES string of the molecule is CCOc1ncnc(Oc2cccc(C)c2)c1N. The first-order valence-corrected chi connectivity index (χ1v) is 5.68. The van der Waals surface area contributed by atoms with Crippen LogP contribution in [0.1, 0.15) is 12.5 Å². The van der Waals surface area contributed by atoms with Gasteiger partial charge in [0.2, 0.25) is 11.8 Å². The lowest BCUT2D eigenvalue weighted by Gasteiger charge is -2.10. The summed E-state index contributed by atoms with van der Waals surface area (Å²) >= 11 is 0. The quantitative estimate of drug-likeness (QED) is 0.896. The predicted molar refractivity (Wildman–Crippen MR) is 68.9 cm³/mol. The molecule has 2 aromatic rings. The van der Waals surface area contributed by atoms with Gasteiger partial charge >= 0.3 is 0 Å². The molecule has 0 unspecified atom stereocenters. The van der Waals surface area contributed by atoms with Gasteiger partial charge in [-0.1, -0.05) is 12.1 Å². The maximum absolute atomic E-state index is 5.88. The summed E-state index contributed by atoms with van der Waals surface area (Å²) in [6, 6.07) is 7.64. The first kappa shape index (κ1) is 12.2. The van der Waals surface area contributed by atoms with Gasteiger partial charge in [0.15, 0.2) is 5.69 Å². The van der Waals surface area contributed by atoms with Crippen LogP contribution >= 0.6 is 0 Å². The summed E-state index contributed by atoms with van der Waals surface area (Å²) in [4.78, 5) is 7.96. The molecule has 0 aliphatic carbocycles. The number of nitrogen functional groups attached to an aromatic ring is 1. The van der Waals surface area contributed by atoms with Gasteiger partial charge in [0, 0.05) is 0 Å². The maximum atomic E-state index is 5.88. The highest BCUT2D eigenvalue weighted by atomic mass is 16.5. The number of benzene rings is 1. The first-order chi connectivity index (χ1) is 8.70. The van der Waals surface area contributed by atoms with Crippen molar-refractivity contribution in [3.8, 4) is 17.5 Å². The number of aromatic nitrogens is 2. The number of aryl methyl sites for hydroxylation is 1. The Morgan fingerprint density at radius 2 is 2.00 bits per heavy atom. The molecule has 0 bridgehead atoms. The Hall–Kier alpha value is -2.30. The predicted octanol–water partition coefficient (Wildman–Crippen LogP) is 2.56. The number of ether oxygens (including phenoxy) is 2. The second-order valence-corrected chi connectivity index (χ2v) is 3.75. The third kappa shape index (κ3) is 2.68. The number of nitrogens with two attached hydrogens (primary N) is 1. The molecule has 5 heteroatoms. The van der Waals surface area contributed by atoms with Crippen LogP contribution in [0.4, 0.5) is 5.69 Å². The standard InChI is InChI=1S/C13H15N3O2/c1-3-17-12-11(14)13(16-8-15-12)18-10-6-4-5-9(2)7-10/h4-8H,3,14H2,1-2H3. The van der Waals surface area contributed by atoms with Crippen molar-refractivity contribution in [2.45, 2.75) is 13.8 Å². The lowest BCUT2D eigenvalue weighted by Crippen LogP contribution is -2.02. The molecule has 0 atom stereocenters. The van der Waals surface area contributed by atoms with Crippen LogP contribution in [-0.2, 0) is 0 Å². The molecular weight excluding hydrogens is 230 g/mol. The van der Waals surface area contributed by atoms with Gasteiger partial charge in [-0.05, 0) is 31.5 Å². The van der Waals surface area contributed by atoms with E-state index in [0.717, 1.165) is 5.56 Å². The summed E-state index contributed by atoms with van der Waals surface area (Å²) in [5.41, 5.74) is 7.29. The maximum Gasteiger partial charge on any atom is 0.249 e. The third-order valence-electron chi connectivity index (χ3n) is 2.30. The minimum Gasteiger partial charge on any atom is -0.476 e. The number of hydrogen-bond acceptors (Lipinski definition) is 5. The second-order valence-electron chi connectivity index (χ2n) is 3.75. The summed E-state index contributed by atoms with van der Waals surface area (Å²) < 4.78 is 10.9. The van der Waals surface area contributed by atoms with Crippen molar-refractivity contribution in [2.75, 3.05) is 12.3 Å². The van der Waals surface area contributed by atoms with E-state index < -0.39 is 0 Å². The van der Waals surface area contributed by atoms with E-state index in [9.17, 15) is 0 Å². The Bertz CT molecular complexity index is 544. The molecule has 1 aromatic carbocycles. The Morgan fingerprint density at radius 3 is 2.72 bits per heavy atom. The van der Waals surface area contributed by atoms with E-state index in [1.165, 1.54) is 6.33 Å². The molecule has 0 saturated carbocycles. The highest BCUT2D eigenvalue weighted by Gasteiger charge is 2.10. The molecule has 94 valence electrons. The number of rotatable bonds is 4. The zero-order valence-electron chi connectivity index (χ0n) is 10.4. The average Bonchev–Trinajstić information content (AvgIpc) is 2.35. The summed E-state index contributed by atoms with van der Waals surface area (Å²) in [6.07, 6.45) is 1.37. The molecule has 0 spiro atoms. The van der Waals surface area contributed by atoms with E-state index in [1.807, 2.05) is 38.1 Å².